The number of aromatic nitrogens is 2. The number of nitrogens with zero attached hydrogens (tertiary/aromatic N) is 3. The highest BCUT2D eigenvalue weighted by Gasteiger charge is 2.37. The molecular formula is C23H25N5O5S. The lowest BCUT2D eigenvalue weighted by molar-refractivity contribution is -0.0979. The number of carbonyl (C=O) groups is 1. The Morgan fingerprint density at radius 2 is 2.12 bits per heavy atom. The number of ether oxygens (including phenoxy) is 2. The molecule has 1 aromatic heterocycles. The summed E-state index contributed by atoms with van der Waals surface area (Å²) in [5.41, 5.74) is 7.41. The van der Waals surface area contributed by atoms with E-state index in [9.17, 15) is 9.35 Å². The van der Waals surface area contributed by atoms with Gasteiger partial charge in [-0.05, 0) is 35.4 Å². The van der Waals surface area contributed by atoms with E-state index in [4.69, 9.17) is 30.3 Å². The summed E-state index contributed by atoms with van der Waals surface area (Å²) in [6.45, 7) is 3.22. The molecule has 3 aromatic rings. The van der Waals surface area contributed by atoms with Crippen LogP contribution in [0.15, 0.2) is 47.4 Å². The minimum atomic E-state index is -1.39. The smallest absolute Gasteiger partial charge is 0.511 e. The van der Waals surface area contributed by atoms with Crippen LogP contribution in [0.5, 0.6) is 5.75 Å². The summed E-state index contributed by atoms with van der Waals surface area (Å²) >= 11 is -1.09. The molecule has 11 heteroatoms. The maximum absolute atomic E-state index is 12.7. The van der Waals surface area contributed by atoms with Crippen molar-refractivity contribution >= 4 is 40.0 Å². The molecule has 0 spiro atoms. The van der Waals surface area contributed by atoms with E-state index >= 15 is 0 Å². The van der Waals surface area contributed by atoms with Gasteiger partial charge in [-0.3, -0.25) is 0 Å². The lowest BCUT2D eigenvalue weighted by atomic mass is 9.86. The lowest BCUT2D eigenvalue weighted by Gasteiger charge is -2.40. The Bertz CT molecular complexity index is 1220. The van der Waals surface area contributed by atoms with Gasteiger partial charge in [-0.15, -0.1) is 0 Å². The zero-order valence-corrected chi connectivity index (χ0v) is 19.2. The summed E-state index contributed by atoms with van der Waals surface area (Å²) in [7, 11) is 0. The third-order valence-electron chi connectivity index (χ3n) is 6.15. The SMILES string of the molecule is NCC1(CNc2nc(N3CC[S+]([O-])c4ccccc4C3)nc3ccc(OC(=O)O)cc23)COC1. The van der Waals surface area contributed by atoms with Crippen molar-refractivity contribution in [3.8, 4) is 5.75 Å². The van der Waals surface area contributed by atoms with Crippen molar-refractivity contribution in [2.75, 3.05) is 48.8 Å². The van der Waals surface area contributed by atoms with Crippen LogP contribution in [0.1, 0.15) is 5.56 Å². The van der Waals surface area contributed by atoms with Gasteiger partial charge in [0.15, 0.2) is 4.90 Å². The number of benzene rings is 2. The summed E-state index contributed by atoms with van der Waals surface area (Å²) < 4.78 is 22.9. The van der Waals surface area contributed by atoms with Gasteiger partial charge < -0.3 is 35.1 Å². The molecule has 0 bridgehead atoms. The summed E-state index contributed by atoms with van der Waals surface area (Å²) in [6, 6.07) is 12.6. The number of nitrogens with one attached hydrogen (secondary N) is 1. The molecule has 0 aliphatic carbocycles. The Hall–Kier alpha value is -3.12. The number of fused-ring (bicyclic) bond motifs is 2. The third kappa shape index (κ3) is 4.47. The fourth-order valence-electron chi connectivity index (χ4n) is 4.10. The molecule has 0 amide bonds. The number of carboxylic acid groups (broad SMARTS) is 1. The standard InChI is InChI=1S/C23H25N5O5S/c24-11-23(13-32-14-23)12-25-20-17-9-16(33-22(29)30)5-6-18(17)26-21(27-20)28-7-8-34(31)19-4-2-1-3-15(19)10-28/h1-6,9H,7-8,10-14,24H2,(H,29,30)(H,25,26,27). The predicted octanol–water partition coefficient (Wildman–Crippen LogP) is 2.20. The molecule has 3 heterocycles. The molecule has 34 heavy (non-hydrogen) atoms. The summed E-state index contributed by atoms with van der Waals surface area (Å²) in [5.74, 6) is 1.70. The van der Waals surface area contributed by atoms with Crippen molar-refractivity contribution in [3.63, 3.8) is 0 Å². The quantitative estimate of drug-likeness (QED) is 0.271. The first-order valence-corrected chi connectivity index (χ1v) is 12.2. The van der Waals surface area contributed by atoms with Gasteiger partial charge in [0.2, 0.25) is 5.95 Å². The molecule has 10 nitrogen and oxygen atoms in total. The Labute approximate surface area is 199 Å². The Balaban J connectivity index is 1.52. The Kier molecular flexibility index (Phi) is 6.17. The molecule has 2 aliphatic rings. The van der Waals surface area contributed by atoms with Crippen molar-refractivity contribution < 1.29 is 23.9 Å². The maximum Gasteiger partial charge on any atom is 0.511 e. The Morgan fingerprint density at radius 1 is 1.29 bits per heavy atom. The van der Waals surface area contributed by atoms with Gasteiger partial charge in [-0.1, -0.05) is 18.2 Å². The van der Waals surface area contributed by atoms with E-state index in [-0.39, 0.29) is 11.2 Å². The molecule has 1 fully saturated rings. The molecular weight excluding hydrogens is 458 g/mol. The van der Waals surface area contributed by atoms with E-state index < -0.39 is 17.3 Å². The third-order valence-corrected chi connectivity index (χ3v) is 7.59. The molecule has 178 valence electrons. The van der Waals surface area contributed by atoms with Crippen molar-refractivity contribution in [1.29, 1.82) is 0 Å². The first kappa shape index (κ1) is 22.7. The van der Waals surface area contributed by atoms with Crippen molar-refractivity contribution in [2.24, 2.45) is 11.1 Å². The van der Waals surface area contributed by atoms with Crippen LogP contribution in [0, 0.1) is 5.41 Å². The van der Waals surface area contributed by atoms with Gasteiger partial charge in [-0.2, -0.15) is 4.98 Å². The molecule has 1 saturated heterocycles. The largest absolute Gasteiger partial charge is 0.611 e. The second kappa shape index (κ2) is 9.26. The highest BCUT2D eigenvalue weighted by atomic mass is 32.2. The van der Waals surface area contributed by atoms with Crippen LogP contribution in [0.3, 0.4) is 0 Å². The van der Waals surface area contributed by atoms with E-state index in [0.717, 1.165) is 10.5 Å². The van der Waals surface area contributed by atoms with Gasteiger partial charge in [0.05, 0.1) is 31.8 Å². The normalized spacial score (nSPS) is 19.1. The summed E-state index contributed by atoms with van der Waals surface area (Å²) in [4.78, 5) is 23.4. The molecule has 2 aliphatic heterocycles. The molecule has 0 saturated carbocycles. The van der Waals surface area contributed by atoms with Gasteiger partial charge in [0.1, 0.15) is 17.3 Å². The molecule has 4 N–H and O–H groups in total. The van der Waals surface area contributed by atoms with Gasteiger partial charge in [0.25, 0.3) is 0 Å². The fraction of sp³-hybridized carbons (Fsp3) is 0.348. The van der Waals surface area contributed by atoms with Crippen molar-refractivity contribution in [1.82, 2.24) is 9.97 Å². The van der Waals surface area contributed by atoms with Crippen LogP contribution >= 0.6 is 0 Å². The molecule has 2 aromatic carbocycles. The molecule has 5 rings (SSSR count). The van der Waals surface area contributed by atoms with Crippen LogP contribution < -0.4 is 20.7 Å². The highest BCUT2D eigenvalue weighted by molar-refractivity contribution is 7.91. The lowest BCUT2D eigenvalue weighted by Crippen LogP contribution is -2.52. The Morgan fingerprint density at radius 3 is 2.85 bits per heavy atom. The van der Waals surface area contributed by atoms with Crippen LogP contribution in [0.2, 0.25) is 0 Å². The predicted molar refractivity (Wildman–Crippen MR) is 128 cm³/mol. The fourth-order valence-corrected chi connectivity index (χ4v) is 5.37. The number of hydrogen-bond acceptors (Lipinski definition) is 9. The molecule has 1 unspecified atom stereocenters. The zero-order chi connectivity index (χ0) is 23.7. The van der Waals surface area contributed by atoms with E-state index in [1.54, 1.807) is 18.2 Å². The number of hydrogen-bond donors (Lipinski definition) is 3. The van der Waals surface area contributed by atoms with Crippen molar-refractivity contribution in [3.05, 3.63) is 48.0 Å². The van der Waals surface area contributed by atoms with Gasteiger partial charge in [-0.25, -0.2) is 9.78 Å². The van der Waals surface area contributed by atoms with Crippen molar-refractivity contribution in [2.45, 2.75) is 11.4 Å². The van der Waals surface area contributed by atoms with E-state index in [0.29, 0.717) is 67.8 Å². The minimum Gasteiger partial charge on any atom is -0.611 e. The first-order valence-electron chi connectivity index (χ1n) is 10.9. The number of anilines is 2. The van der Waals surface area contributed by atoms with E-state index in [1.807, 2.05) is 29.2 Å². The summed E-state index contributed by atoms with van der Waals surface area (Å²) in [5, 5.41) is 13.0. The highest BCUT2D eigenvalue weighted by Crippen LogP contribution is 2.32. The topological polar surface area (TPSA) is 146 Å². The number of rotatable bonds is 6. The van der Waals surface area contributed by atoms with Crippen LogP contribution in [0.4, 0.5) is 16.6 Å². The van der Waals surface area contributed by atoms with E-state index in [2.05, 4.69) is 5.32 Å². The van der Waals surface area contributed by atoms with Gasteiger partial charge in [0, 0.05) is 29.5 Å². The number of nitrogens with two attached hydrogens (primary N) is 1. The monoisotopic (exact) mass is 483 g/mol. The second-order valence-corrected chi connectivity index (χ2v) is 10.1. The average molecular weight is 484 g/mol. The summed E-state index contributed by atoms with van der Waals surface area (Å²) in [6.07, 6.45) is -1.39. The van der Waals surface area contributed by atoms with Crippen LogP contribution in [0.25, 0.3) is 10.9 Å². The van der Waals surface area contributed by atoms with Gasteiger partial charge >= 0.3 is 6.16 Å². The second-order valence-electron chi connectivity index (χ2n) is 8.55. The molecule has 0 radical (unpaired) electrons. The zero-order valence-electron chi connectivity index (χ0n) is 18.4. The first-order chi connectivity index (χ1) is 16.5. The average Bonchev–Trinajstić information content (AvgIpc) is 2.97. The van der Waals surface area contributed by atoms with Crippen LogP contribution in [-0.2, 0) is 22.5 Å². The maximum atomic E-state index is 12.7. The van der Waals surface area contributed by atoms with Crippen LogP contribution in [-0.4, -0.2) is 64.4 Å². The molecule has 1 atom stereocenters. The minimum absolute atomic E-state index is 0.176. The van der Waals surface area contributed by atoms with E-state index in [1.165, 1.54) is 0 Å².